The third-order valence-electron chi connectivity index (χ3n) is 2.34. The van der Waals surface area contributed by atoms with Crippen molar-refractivity contribution in [3.63, 3.8) is 0 Å². The van der Waals surface area contributed by atoms with Gasteiger partial charge in [0.2, 0.25) is 0 Å². The fourth-order valence-corrected chi connectivity index (χ4v) is 2.04. The van der Waals surface area contributed by atoms with Gasteiger partial charge in [-0.1, -0.05) is 6.92 Å². The molecule has 0 amide bonds. The van der Waals surface area contributed by atoms with Gasteiger partial charge in [0.15, 0.2) is 0 Å². The largest absolute Gasteiger partial charge is 0.323 e. The molecule has 78 valence electrons. The molecule has 3 N–H and O–H groups in total. The molecule has 15 heavy (non-hydrogen) atoms. The Morgan fingerprint density at radius 2 is 2.20 bits per heavy atom. The number of nitrogen functional groups attached to an aromatic ring is 1. The van der Waals surface area contributed by atoms with Crippen molar-refractivity contribution in [3.05, 3.63) is 33.5 Å². The lowest BCUT2D eigenvalue weighted by molar-refractivity contribution is 1.06. The predicted molar refractivity (Wildman–Crippen MR) is 71.6 cm³/mol. The van der Waals surface area contributed by atoms with Gasteiger partial charge in [-0.2, -0.15) is 0 Å². The summed E-state index contributed by atoms with van der Waals surface area (Å²) in [5.41, 5.74) is 5.71. The molecule has 1 aromatic carbocycles. The maximum atomic E-state index is 5.51. The highest BCUT2D eigenvalue weighted by Gasteiger charge is 2.04. The van der Waals surface area contributed by atoms with Crippen molar-refractivity contribution in [3.8, 4) is 0 Å². The van der Waals surface area contributed by atoms with Crippen LogP contribution >= 0.6 is 22.6 Å². The number of benzene rings is 1. The Kier molecular flexibility index (Phi) is 3.06. The molecule has 3 nitrogen and oxygen atoms in total. The van der Waals surface area contributed by atoms with Crippen LogP contribution in [0.4, 0.5) is 5.69 Å². The fraction of sp³-hybridized carbons (Fsp3) is 0.182. The molecule has 1 heterocycles. The van der Waals surface area contributed by atoms with E-state index in [1.807, 2.05) is 12.1 Å². The summed E-state index contributed by atoms with van der Waals surface area (Å²) in [7, 11) is 0. The molecule has 2 aromatic rings. The molecule has 1 aromatic heterocycles. The number of pyridine rings is 1. The summed E-state index contributed by atoms with van der Waals surface area (Å²) in [4.78, 5) is 4.54. The van der Waals surface area contributed by atoms with Gasteiger partial charge in [-0.05, 0) is 53.3 Å². The SMILES string of the molecule is CCc1cc(NN)c2cc(I)ccc2n1. The minimum atomic E-state index is 0.913. The number of halogens is 1. The Balaban J connectivity index is 2.75. The lowest BCUT2D eigenvalue weighted by Gasteiger charge is -2.08. The van der Waals surface area contributed by atoms with E-state index in [1.54, 1.807) is 0 Å². The van der Waals surface area contributed by atoms with Crippen LogP contribution < -0.4 is 11.3 Å². The number of nitrogens with one attached hydrogen (secondary N) is 1. The summed E-state index contributed by atoms with van der Waals surface area (Å²) < 4.78 is 1.18. The van der Waals surface area contributed by atoms with Gasteiger partial charge < -0.3 is 5.43 Å². The Hall–Kier alpha value is -0.880. The Morgan fingerprint density at radius 1 is 1.40 bits per heavy atom. The molecule has 0 aliphatic heterocycles. The molecule has 0 radical (unpaired) electrons. The van der Waals surface area contributed by atoms with Crippen molar-refractivity contribution in [2.24, 2.45) is 5.84 Å². The molecule has 0 aliphatic carbocycles. The van der Waals surface area contributed by atoms with Crippen LogP contribution in [0.15, 0.2) is 24.3 Å². The molecule has 0 aliphatic rings. The van der Waals surface area contributed by atoms with E-state index in [4.69, 9.17) is 5.84 Å². The number of rotatable bonds is 2. The molecule has 0 unspecified atom stereocenters. The van der Waals surface area contributed by atoms with E-state index in [9.17, 15) is 0 Å². The van der Waals surface area contributed by atoms with Crippen LogP contribution in [0.25, 0.3) is 10.9 Å². The van der Waals surface area contributed by atoms with E-state index in [1.165, 1.54) is 3.57 Å². The van der Waals surface area contributed by atoms with E-state index in [0.717, 1.165) is 28.7 Å². The Morgan fingerprint density at radius 3 is 2.87 bits per heavy atom. The van der Waals surface area contributed by atoms with E-state index in [2.05, 4.69) is 52.1 Å². The smallest absolute Gasteiger partial charge is 0.0727 e. The van der Waals surface area contributed by atoms with Crippen LogP contribution in [0, 0.1) is 3.57 Å². The van der Waals surface area contributed by atoms with Crippen LogP contribution in [-0.4, -0.2) is 4.98 Å². The van der Waals surface area contributed by atoms with E-state index < -0.39 is 0 Å². The number of hydrogen-bond donors (Lipinski definition) is 2. The van der Waals surface area contributed by atoms with Gasteiger partial charge in [-0.3, -0.25) is 10.8 Å². The highest BCUT2D eigenvalue weighted by atomic mass is 127. The monoisotopic (exact) mass is 313 g/mol. The molecule has 0 atom stereocenters. The molecule has 2 rings (SSSR count). The summed E-state index contributed by atoms with van der Waals surface area (Å²) >= 11 is 2.28. The highest BCUT2D eigenvalue weighted by Crippen LogP contribution is 2.24. The van der Waals surface area contributed by atoms with Crippen molar-refractivity contribution in [1.82, 2.24) is 4.98 Å². The first kappa shape index (κ1) is 10.6. The van der Waals surface area contributed by atoms with E-state index in [0.29, 0.717) is 0 Å². The molecule has 0 fully saturated rings. The second-order valence-electron chi connectivity index (χ2n) is 3.32. The average Bonchev–Trinajstić information content (AvgIpc) is 2.27. The van der Waals surface area contributed by atoms with Crippen molar-refractivity contribution < 1.29 is 0 Å². The fourth-order valence-electron chi connectivity index (χ4n) is 1.55. The van der Waals surface area contributed by atoms with Crippen LogP contribution in [0.2, 0.25) is 0 Å². The van der Waals surface area contributed by atoms with Crippen LogP contribution in [0.1, 0.15) is 12.6 Å². The number of hydrazine groups is 1. The third-order valence-corrected chi connectivity index (χ3v) is 3.01. The number of aromatic nitrogens is 1. The van der Waals surface area contributed by atoms with Crippen LogP contribution in [0.5, 0.6) is 0 Å². The van der Waals surface area contributed by atoms with Crippen molar-refractivity contribution in [2.75, 3.05) is 5.43 Å². The minimum absolute atomic E-state index is 0.913. The summed E-state index contributed by atoms with van der Waals surface area (Å²) in [5, 5.41) is 1.07. The molecule has 0 saturated carbocycles. The maximum Gasteiger partial charge on any atom is 0.0727 e. The van der Waals surface area contributed by atoms with Crippen LogP contribution in [-0.2, 0) is 6.42 Å². The van der Waals surface area contributed by atoms with Crippen molar-refractivity contribution in [1.29, 1.82) is 0 Å². The lowest BCUT2D eigenvalue weighted by atomic mass is 10.1. The maximum absolute atomic E-state index is 5.51. The predicted octanol–water partition coefficient (Wildman–Crippen LogP) is 2.69. The summed E-state index contributed by atoms with van der Waals surface area (Å²) in [6.07, 6.45) is 0.913. The number of anilines is 1. The van der Waals surface area contributed by atoms with Crippen LogP contribution in [0.3, 0.4) is 0 Å². The van der Waals surface area contributed by atoms with Gasteiger partial charge in [0.1, 0.15) is 0 Å². The molecular weight excluding hydrogens is 301 g/mol. The summed E-state index contributed by atoms with van der Waals surface area (Å²) in [5.74, 6) is 5.51. The molecule has 0 saturated heterocycles. The van der Waals surface area contributed by atoms with Gasteiger partial charge in [0.25, 0.3) is 0 Å². The van der Waals surface area contributed by atoms with E-state index >= 15 is 0 Å². The number of nitrogens with zero attached hydrogens (tertiary/aromatic N) is 1. The topological polar surface area (TPSA) is 50.9 Å². The molecule has 0 bridgehead atoms. The second kappa shape index (κ2) is 4.32. The molecular formula is C11H12IN3. The van der Waals surface area contributed by atoms with Gasteiger partial charge in [0, 0.05) is 14.7 Å². The van der Waals surface area contributed by atoms with Gasteiger partial charge >= 0.3 is 0 Å². The van der Waals surface area contributed by atoms with Gasteiger partial charge in [-0.15, -0.1) is 0 Å². The quantitative estimate of drug-likeness (QED) is 0.509. The first-order valence-electron chi connectivity index (χ1n) is 4.80. The third kappa shape index (κ3) is 2.05. The molecule has 4 heteroatoms. The second-order valence-corrected chi connectivity index (χ2v) is 4.57. The van der Waals surface area contributed by atoms with Gasteiger partial charge in [-0.25, -0.2) is 0 Å². The standard InChI is InChI=1S/C11H12IN3/c1-2-8-6-11(15-13)9-5-7(12)3-4-10(9)14-8/h3-6H,2,13H2,1H3,(H,14,15). The zero-order valence-electron chi connectivity index (χ0n) is 8.42. The zero-order chi connectivity index (χ0) is 10.8. The zero-order valence-corrected chi connectivity index (χ0v) is 10.6. The number of hydrogen-bond acceptors (Lipinski definition) is 3. The number of nitrogens with two attached hydrogens (primary N) is 1. The number of fused-ring (bicyclic) bond motifs is 1. The Labute approximate surface area is 102 Å². The molecule has 0 spiro atoms. The first-order chi connectivity index (χ1) is 7.24. The summed E-state index contributed by atoms with van der Waals surface area (Å²) in [6.45, 7) is 2.08. The lowest BCUT2D eigenvalue weighted by Crippen LogP contribution is -2.08. The van der Waals surface area contributed by atoms with Gasteiger partial charge in [0.05, 0.1) is 11.2 Å². The summed E-state index contributed by atoms with van der Waals surface area (Å²) in [6, 6.07) is 8.16. The minimum Gasteiger partial charge on any atom is -0.323 e. The van der Waals surface area contributed by atoms with Crippen molar-refractivity contribution >= 4 is 39.2 Å². The highest BCUT2D eigenvalue weighted by molar-refractivity contribution is 14.1. The van der Waals surface area contributed by atoms with E-state index in [-0.39, 0.29) is 0 Å². The average molecular weight is 313 g/mol. The Bertz CT molecular complexity index is 496. The normalized spacial score (nSPS) is 10.6. The number of aryl methyl sites for hydroxylation is 1. The first-order valence-corrected chi connectivity index (χ1v) is 5.88. The van der Waals surface area contributed by atoms with Crippen molar-refractivity contribution in [2.45, 2.75) is 13.3 Å².